The number of hydrogen-bond donors (Lipinski definition) is 1. The number of rotatable bonds is 1. The Morgan fingerprint density at radius 3 is 2.81 bits per heavy atom. The quantitative estimate of drug-likeness (QED) is 0.763. The largest absolute Gasteiger partial charge is 0.311 e. The summed E-state index contributed by atoms with van der Waals surface area (Å²) in [6.45, 7) is 1.83. The van der Waals surface area contributed by atoms with Gasteiger partial charge in [0.2, 0.25) is 0 Å². The summed E-state index contributed by atoms with van der Waals surface area (Å²) in [5.41, 5.74) is 2.27. The van der Waals surface area contributed by atoms with Gasteiger partial charge in [0.25, 0.3) is 0 Å². The maximum absolute atomic E-state index is 6.25. The topological polar surface area (TPSA) is 37.8 Å². The molecular formula is C12H16ClN3. The Labute approximate surface area is 101 Å². The first kappa shape index (κ1) is 10.5. The van der Waals surface area contributed by atoms with Crippen molar-refractivity contribution >= 4 is 11.6 Å². The van der Waals surface area contributed by atoms with Gasteiger partial charge < -0.3 is 5.32 Å². The molecule has 3 nitrogen and oxygen atoms in total. The van der Waals surface area contributed by atoms with Crippen molar-refractivity contribution in [3.05, 3.63) is 22.2 Å². The number of aromatic nitrogens is 2. The highest BCUT2D eigenvalue weighted by molar-refractivity contribution is 6.30. The minimum atomic E-state index is 0.546. The molecular weight excluding hydrogens is 222 g/mol. The van der Waals surface area contributed by atoms with E-state index in [4.69, 9.17) is 16.6 Å². The van der Waals surface area contributed by atoms with Crippen molar-refractivity contribution in [2.75, 3.05) is 6.54 Å². The minimum absolute atomic E-state index is 0.546. The highest BCUT2D eigenvalue weighted by atomic mass is 35.5. The number of hydrogen-bond acceptors (Lipinski definition) is 3. The third kappa shape index (κ3) is 1.82. The molecule has 1 saturated carbocycles. The summed E-state index contributed by atoms with van der Waals surface area (Å²) in [7, 11) is 0. The van der Waals surface area contributed by atoms with Gasteiger partial charge in [-0.05, 0) is 25.8 Å². The lowest BCUT2D eigenvalue weighted by Crippen LogP contribution is -2.26. The molecule has 1 fully saturated rings. The fraction of sp³-hybridized carbons (Fsp3) is 0.667. The zero-order valence-electron chi connectivity index (χ0n) is 9.30. The highest BCUT2D eigenvalue weighted by Gasteiger charge is 2.23. The van der Waals surface area contributed by atoms with Crippen LogP contribution in [-0.2, 0) is 13.0 Å². The average Bonchev–Trinajstić information content (AvgIpc) is 2.82. The molecule has 2 aliphatic rings. The molecule has 1 aliphatic heterocycles. The van der Waals surface area contributed by atoms with E-state index in [1.807, 2.05) is 0 Å². The lowest BCUT2D eigenvalue weighted by molar-refractivity contribution is 0.597. The van der Waals surface area contributed by atoms with Crippen LogP contribution in [-0.4, -0.2) is 16.5 Å². The fourth-order valence-corrected chi connectivity index (χ4v) is 2.99. The van der Waals surface area contributed by atoms with Crippen LogP contribution in [0.15, 0.2) is 0 Å². The van der Waals surface area contributed by atoms with Crippen LogP contribution in [0.25, 0.3) is 0 Å². The van der Waals surface area contributed by atoms with E-state index in [1.165, 1.54) is 25.7 Å². The van der Waals surface area contributed by atoms with Crippen molar-refractivity contribution in [3.8, 4) is 0 Å². The first-order chi connectivity index (χ1) is 7.84. The van der Waals surface area contributed by atoms with Gasteiger partial charge in [-0.2, -0.15) is 0 Å². The van der Waals surface area contributed by atoms with E-state index in [-0.39, 0.29) is 0 Å². The molecule has 0 spiro atoms. The predicted octanol–water partition coefficient (Wildman–Crippen LogP) is 2.43. The zero-order chi connectivity index (χ0) is 11.0. The molecule has 86 valence electrons. The molecule has 1 aliphatic carbocycles. The van der Waals surface area contributed by atoms with E-state index in [0.29, 0.717) is 11.1 Å². The van der Waals surface area contributed by atoms with Crippen LogP contribution < -0.4 is 5.32 Å². The van der Waals surface area contributed by atoms with E-state index in [9.17, 15) is 0 Å². The normalized spacial score (nSPS) is 21.1. The summed E-state index contributed by atoms with van der Waals surface area (Å²) >= 11 is 6.25. The minimum Gasteiger partial charge on any atom is -0.311 e. The van der Waals surface area contributed by atoms with Crippen molar-refractivity contribution in [2.24, 2.45) is 0 Å². The molecule has 0 atom stereocenters. The van der Waals surface area contributed by atoms with E-state index in [0.717, 1.165) is 36.6 Å². The SMILES string of the molecule is Clc1nc(C2CCCC2)nc2c1CCNC2. The smallest absolute Gasteiger partial charge is 0.136 e. The van der Waals surface area contributed by atoms with Gasteiger partial charge in [0, 0.05) is 18.0 Å². The maximum atomic E-state index is 6.25. The molecule has 0 radical (unpaired) electrons. The molecule has 2 heterocycles. The molecule has 3 rings (SSSR count). The van der Waals surface area contributed by atoms with Crippen LogP contribution in [0.1, 0.15) is 48.7 Å². The summed E-state index contributed by atoms with van der Waals surface area (Å²) in [6, 6.07) is 0. The van der Waals surface area contributed by atoms with Gasteiger partial charge in [0.15, 0.2) is 0 Å². The van der Waals surface area contributed by atoms with Crippen LogP contribution >= 0.6 is 11.6 Å². The van der Waals surface area contributed by atoms with Crippen molar-refractivity contribution in [1.29, 1.82) is 0 Å². The van der Waals surface area contributed by atoms with Crippen LogP contribution in [0.5, 0.6) is 0 Å². The lowest BCUT2D eigenvalue weighted by atomic mass is 10.1. The van der Waals surface area contributed by atoms with Gasteiger partial charge in [0.05, 0.1) is 5.69 Å². The Kier molecular flexibility index (Phi) is 2.82. The number of nitrogens with one attached hydrogen (secondary N) is 1. The second-order valence-corrected chi connectivity index (χ2v) is 5.06. The summed E-state index contributed by atoms with van der Waals surface area (Å²) in [5.74, 6) is 1.52. The van der Waals surface area contributed by atoms with Gasteiger partial charge in [0.1, 0.15) is 11.0 Å². The van der Waals surface area contributed by atoms with Crippen molar-refractivity contribution in [1.82, 2.24) is 15.3 Å². The highest BCUT2D eigenvalue weighted by Crippen LogP contribution is 2.33. The molecule has 0 aromatic carbocycles. The second-order valence-electron chi connectivity index (χ2n) is 4.71. The zero-order valence-corrected chi connectivity index (χ0v) is 10.1. The Bertz CT molecular complexity index is 399. The molecule has 4 heteroatoms. The first-order valence-electron chi connectivity index (χ1n) is 6.10. The molecule has 1 aromatic rings. The van der Waals surface area contributed by atoms with E-state index in [2.05, 4.69) is 10.3 Å². The van der Waals surface area contributed by atoms with Gasteiger partial charge in [-0.15, -0.1) is 0 Å². The molecule has 1 aromatic heterocycles. The van der Waals surface area contributed by atoms with Gasteiger partial charge in [-0.25, -0.2) is 9.97 Å². The van der Waals surface area contributed by atoms with E-state index >= 15 is 0 Å². The Morgan fingerprint density at radius 2 is 2.00 bits per heavy atom. The summed E-state index contributed by atoms with van der Waals surface area (Å²) in [5, 5.41) is 4.03. The monoisotopic (exact) mass is 237 g/mol. The number of fused-ring (bicyclic) bond motifs is 1. The first-order valence-corrected chi connectivity index (χ1v) is 6.48. The summed E-state index contributed by atoms with van der Waals surface area (Å²) in [6.07, 6.45) is 6.02. The molecule has 0 amide bonds. The van der Waals surface area contributed by atoms with Crippen LogP contribution in [0.3, 0.4) is 0 Å². The Hall–Kier alpha value is -0.670. The van der Waals surface area contributed by atoms with Gasteiger partial charge >= 0.3 is 0 Å². The third-order valence-electron chi connectivity index (χ3n) is 3.62. The Balaban J connectivity index is 1.97. The van der Waals surface area contributed by atoms with Crippen molar-refractivity contribution < 1.29 is 0 Å². The number of nitrogens with zero attached hydrogens (tertiary/aromatic N) is 2. The molecule has 1 N–H and O–H groups in total. The summed E-state index contributed by atoms with van der Waals surface area (Å²) in [4.78, 5) is 9.19. The maximum Gasteiger partial charge on any atom is 0.136 e. The standard InChI is InChI=1S/C12H16ClN3/c13-11-9-5-6-14-7-10(9)15-12(16-11)8-3-1-2-4-8/h8,14H,1-7H2. The van der Waals surface area contributed by atoms with Crippen molar-refractivity contribution in [3.63, 3.8) is 0 Å². The molecule has 0 bridgehead atoms. The lowest BCUT2D eigenvalue weighted by Gasteiger charge is -2.19. The van der Waals surface area contributed by atoms with Gasteiger partial charge in [-0.1, -0.05) is 24.4 Å². The molecule has 0 saturated heterocycles. The Morgan fingerprint density at radius 1 is 1.19 bits per heavy atom. The van der Waals surface area contributed by atoms with Crippen LogP contribution in [0.4, 0.5) is 0 Å². The fourth-order valence-electron chi connectivity index (χ4n) is 2.70. The van der Waals surface area contributed by atoms with Crippen LogP contribution in [0, 0.1) is 0 Å². The second kappa shape index (κ2) is 4.30. The van der Waals surface area contributed by atoms with Crippen molar-refractivity contribution in [2.45, 2.75) is 44.6 Å². The number of halogens is 1. The van der Waals surface area contributed by atoms with Gasteiger partial charge in [-0.3, -0.25) is 0 Å². The van der Waals surface area contributed by atoms with E-state index < -0.39 is 0 Å². The average molecular weight is 238 g/mol. The summed E-state index contributed by atoms with van der Waals surface area (Å²) < 4.78 is 0. The predicted molar refractivity (Wildman–Crippen MR) is 63.7 cm³/mol. The third-order valence-corrected chi connectivity index (χ3v) is 3.94. The molecule has 16 heavy (non-hydrogen) atoms. The molecule has 0 unspecified atom stereocenters. The van der Waals surface area contributed by atoms with Crippen LogP contribution in [0.2, 0.25) is 5.15 Å². The van der Waals surface area contributed by atoms with E-state index in [1.54, 1.807) is 0 Å².